The van der Waals surface area contributed by atoms with Gasteiger partial charge in [-0.15, -0.1) is 0 Å². The first kappa shape index (κ1) is 13.2. The third-order valence-electron chi connectivity index (χ3n) is 3.63. The van der Waals surface area contributed by atoms with Crippen molar-refractivity contribution in [1.29, 1.82) is 5.41 Å². The quantitative estimate of drug-likeness (QED) is 0.889. The van der Waals surface area contributed by atoms with E-state index in [9.17, 15) is 0 Å². The molecule has 0 spiro atoms. The third kappa shape index (κ3) is 2.86. The molecule has 2 nitrogen and oxygen atoms in total. The highest BCUT2D eigenvalue weighted by Crippen LogP contribution is 2.25. The summed E-state index contributed by atoms with van der Waals surface area (Å²) in [6.07, 6.45) is 2.58. The maximum atomic E-state index is 7.74. The number of hydrogen-bond donors (Lipinski definition) is 1. The molecular formula is C17H16ClNO. The molecule has 1 aliphatic rings. The van der Waals surface area contributed by atoms with Crippen LogP contribution in [-0.2, 0) is 19.4 Å². The molecular weight excluding hydrogens is 270 g/mol. The monoisotopic (exact) mass is 285 g/mol. The number of hydrogen-bond acceptors (Lipinski definition) is 2. The molecule has 0 bridgehead atoms. The summed E-state index contributed by atoms with van der Waals surface area (Å²) in [5.41, 5.74) is 4.37. The summed E-state index contributed by atoms with van der Waals surface area (Å²) in [6, 6.07) is 13.9. The SMILES string of the molecule is N=C1CCc2cc(OCc3ccccc3Cl)ccc2C1. The average Bonchev–Trinajstić information content (AvgIpc) is 2.46. The molecule has 102 valence electrons. The normalized spacial score (nSPS) is 13.9. The minimum atomic E-state index is 0.480. The van der Waals surface area contributed by atoms with Crippen molar-refractivity contribution in [3.8, 4) is 5.75 Å². The van der Waals surface area contributed by atoms with Crippen LogP contribution in [0.5, 0.6) is 5.75 Å². The zero-order valence-corrected chi connectivity index (χ0v) is 11.9. The number of ether oxygens (including phenoxy) is 1. The van der Waals surface area contributed by atoms with E-state index in [0.717, 1.165) is 41.3 Å². The highest BCUT2D eigenvalue weighted by atomic mass is 35.5. The van der Waals surface area contributed by atoms with Gasteiger partial charge in [-0.1, -0.05) is 35.9 Å². The summed E-state index contributed by atoms with van der Waals surface area (Å²) < 4.78 is 5.83. The van der Waals surface area contributed by atoms with Gasteiger partial charge in [-0.05, 0) is 42.2 Å². The van der Waals surface area contributed by atoms with E-state index in [0.29, 0.717) is 6.61 Å². The Morgan fingerprint density at radius 1 is 1.05 bits per heavy atom. The molecule has 0 saturated heterocycles. The van der Waals surface area contributed by atoms with Crippen molar-refractivity contribution in [2.45, 2.75) is 25.9 Å². The van der Waals surface area contributed by atoms with Crippen LogP contribution in [0.4, 0.5) is 0 Å². The predicted molar refractivity (Wildman–Crippen MR) is 82.0 cm³/mol. The van der Waals surface area contributed by atoms with E-state index >= 15 is 0 Å². The highest BCUT2D eigenvalue weighted by molar-refractivity contribution is 6.31. The lowest BCUT2D eigenvalue weighted by Crippen LogP contribution is -2.12. The first-order valence-corrected chi connectivity index (χ1v) is 7.14. The Labute approximate surface area is 123 Å². The van der Waals surface area contributed by atoms with Gasteiger partial charge in [-0.25, -0.2) is 0 Å². The fourth-order valence-electron chi connectivity index (χ4n) is 2.48. The third-order valence-corrected chi connectivity index (χ3v) is 4.00. The molecule has 0 heterocycles. The van der Waals surface area contributed by atoms with Crippen LogP contribution in [0.2, 0.25) is 5.02 Å². The number of rotatable bonds is 3. The largest absolute Gasteiger partial charge is 0.489 e. The standard InChI is InChI=1S/C17H16ClNO/c18-17-4-2-1-3-14(17)11-20-16-8-6-12-9-15(19)7-5-13(12)10-16/h1-4,6,8,10,19H,5,7,9,11H2. The molecule has 1 N–H and O–H groups in total. The molecule has 0 unspecified atom stereocenters. The highest BCUT2D eigenvalue weighted by Gasteiger charge is 2.13. The average molecular weight is 286 g/mol. The minimum absolute atomic E-state index is 0.480. The topological polar surface area (TPSA) is 33.1 Å². The lowest BCUT2D eigenvalue weighted by atomic mass is 9.90. The number of fused-ring (bicyclic) bond motifs is 1. The zero-order chi connectivity index (χ0) is 13.9. The van der Waals surface area contributed by atoms with Crippen molar-refractivity contribution in [2.75, 3.05) is 0 Å². The molecule has 0 fully saturated rings. The van der Waals surface area contributed by atoms with Crippen molar-refractivity contribution in [2.24, 2.45) is 0 Å². The Kier molecular flexibility index (Phi) is 3.75. The Bertz CT molecular complexity index is 651. The molecule has 2 aromatic carbocycles. The van der Waals surface area contributed by atoms with Crippen LogP contribution in [0.1, 0.15) is 23.1 Å². The molecule has 3 heteroatoms. The van der Waals surface area contributed by atoms with Crippen LogP contribution >= 0.6 is 11.6 Å². The van der Waals surface area contributed by atoms with Crippen molar-refractivity contribution < 1.29 is 4.74 Å². The van der Waals surface area contributed by atoms with Gasteiger partial charge >= 0.3 is 0 Å². The first-order chi connectivity index (χ1) is 9.72. The van der Waals surface area contributed by atoms with E-state index in [1.165, 1.54) is 11.1 Å². The van der Waals surface area contributed by atoms with Gasteiger partial charge in [0.25, 0.3) is 0 Å². The smallest absolute Gasteiger partial charge is 0.120 e. The summed E-state index contributed by atoms with van der Waals surface area (Å²) in [6.45, 7) is 0.480. The molecule has 0 radical (unpaired) electrons. The molecule has 0 saturated carbocycles. The first-order valence-electron chi connectivity index (χ1n) is 6.76. The second-order valence-electron chi connectivity index (χ2n) is 5.09. The molecule has 0 amide bonds. The zero-order valence-electron chi connectivity index (χ0n) is 11.2. The predicted octanol–water partition coefficient (Wildman–Crippen LogP) is 4.43. The lowest BCUT2D eigenvalue weighted by molar-refractivity contribution is 0.306. The fourth-order valence-corrected chi connectivity index (χ4v) is 2.67. The van der Waals surface area contributed by atoms with Crippen LogP contribution < -0.4 is 4.74 Å². The van der Waals surface area contributed by atoms with Gasteiger partial charge in [0.1, 0.15) is 12.4 Å². The summed E-state index contributed by atoms with van der Waals surface area (Å²) in [5, 5.41) is 8.48. The second kappa shape index (κ2) is 5.68. The molecule has 20 heavy (non-hydrogen) atoms. The fraction of sp³-hybridized carbons (Fsp3) is 0.235. The molecule has 3 rings (SSSR count). The number of halogens is 1. The summed E-state index contributed by atoms with van der Waals surface area (Å²) in [4.78, 5) is 0. The second-order valence-corrected chi connectivity index (χ2v) is 5.50. The molecule has 2 aromatic rings. The van der Waals surface area contributed by atoms with E-state index in [-0.39, 0.29) is 0 Å². The summed E-state index contributed by atoms with van der Waals surface area (Å²) >= 11 is 6.12. The summed E-state index contributed by atoms with van der Waals surface area (Å²) in [7, 11) is 0. The van der Waals surface area contributed by atoms with Gasteiger partial charge in [0.2, 0.25) is 0 Å². The molecule has 0 aromatic heterocycles. The molecule has 1 aliphatic carbocycles. The van der Waals surface area contributed by atoms with E-state index in [2.05, 4.69) is 12.1 Å². The van der Waals surface area contributed by atoms with E-state index < -0.39 is 0 Å². The number of benzene rings is 2. The maximum Gasteiger partial charge on any atom is 0.120 e. The van der Waals surface area contributed by atoms with Crippen LogP contribution in [0, 0.1) is 5.41 Å². The Balaban J connectivity index is 1.73. The van der Waals surface area contributed by atoms with Crippen molar-refractivity contribution >= 4 is 17.3 Å². The van der Waals surface area contributed by atoms with Gasteiger partial charge in [-0.3, -0.25) is 0 Å². The van der Waals surface area contributed by atoms with Crippen LogP contribution in [0.3, 0.4) is 0 Å². The van der Waals surface area contributed by atoms with Crippen molar-refractivity contribution in [3.05, 3.63) is 64.2 Å². The van der Waals surface area contributed by atoms with Gasteiger partial charge in [-0.2, -0.15) is 0 Å². The van der Waals surface area contributed by atoms with Crippen LogP contribution in [0.25, 0.3) is 0 Å². The Morgan fingerprint density at radius 3 is 2.75 bits per heavy atom. The lowest BCUT2D eigenvalue weighted by Gasteiger charge is -2.18. The van der Waals surface area contributed by atoms with E-state index in [1.54, 1.807) is 0 Å². The van der Waals surface area contributed by atoms with Gasteiger partial charge < -0.3 is 10.1 Å². The van der Waals surface area contributed by atoms with Crippen LogP contribution in [0.15, 0.2) is 42.5 Å². The number of aryl methyl sites for hydroxylation is 1. The van der Waals surface area contributed by atoms with Crippen molar-refractivity contribution in [1.82, 2.24) is 0 Å². The van der Waals surface area contributed by atoms with E-state index in [4.69, 9.17) is 21.7 Å². The summed E-state index contributed by atoms with van der Waals surface area (Å²) in [5.74, 6) is 0.872. The molecule has 0 atom stereocenters. The maximum absolute atomic E-state index is 7.74. The Morgan fingerprint density at radius 2 is 1.90 bits per heavy atom. The van der Waals surface area contributed by atoms with Crippen LogP contribution in [-0.4, -0.2) is 5.71 Å². The van der Waals surface area contributed by atoms with E-state index in [1.807, 2.05) is 30.3 Å². The number of nitrogens with one attached hydrogen (secondary N) is 1. The minimum Gasteiger partial charge on any atom is -0.489 e. The van der Waals surface area contributed by atoms with Gasteiger partial charge in [0.05, 0.1) is 0 Å². The Hall–Kier alpha value is -1.80. The molecule has 0 aliphatic heterocycles. The van der Waals surface area contributed by atoms with Crippen molar-refractivity contribution in [3.63, 3.8) is 0 Å². The van der Waals surface area contributed by atoms with Gasteiger partial charge in [0.15, 0.2) is 0 Å². The van der Waals surface area contributed by atoms with Gasteiger partial charge in [0, 0.05) is 22.7 Å².